The predicted molar refractivity (Wildman–Crippen MR) is 62.6 cm³/mol. The zero-order valence-electron chi connectivity index (χ0n) is 9.29. The summed E-state index contributed by atoms with van der Waals surface area (Å²) in [7, 11) is 0. The van der Waals surface area contributed by atoms with Crippen molar-refractivity contribution in [1.29, 1.82) is 0 Å². The van der Waals surface area contributed by atoms with Crippen molar-refractivity contribution < 1.29 is 4.79 Å². The van der Waals surface area contributed by atoms with E-state index in [1.165, 1.54) is 6.92 Å². The minimum absolute atomic E-state index is 0.0550. The Kier molecular flexibility index (Phi) is 4.31. The van der Waals surface area contributed by atoms with Crippen LogP contribution in [-0.2, 0) is 4.79 Å². The molecule has 1 aromatic carbocycles. The summed E-state index contributed by atoms with van der Waals surface area (Å²) in [4.78, 5) is 10.8. The van der Waals surface area contributed by atoms with E-state index in [0.29, 0.717) is 0 Å². The van der Waals surface area contributed by atoms with Gasteiger partial charge in [0.25, 0.3) is 0 Å². The van der Waals surface area contributed by atoms with Crippen molar-refractivity contribution >= 4 is 11.6 Å². The molecular formula is C12H18N2O. The monoisotopic (exact) mass is 206 g/mol. The first-order chi connectivity index (χ1) is 7.13. The van der Waals surface area contributed by atoms with Crippen LogP contribution < -0.4 is 11.1 Å². The molecule has 0 aliphatic rings. The number of anilines is 1. The largest absolute Gasteiger partial charge is 0.326 e. The lowest BCUT2D eigenvalue weighted by atomic mass is 10.0. The van der Waals surface area contributed by atoms with Gasteiger partial charge in [0.15, 0.2) is 0 Å². The molecule has 3 nitrogen and oxygen atoms in total. The minimum atomic E-state index is -0.0550. The number of nitrogens with two attached hydrogens (primary N) is 1. The van der Waals surface area contributed by atoms with E-state index in [-0.39, 0.29) is 11.9 Å². The number of hydrogen-bond acceptors (Lipinski definition) is 2. The number of carbonyl (C=O) groups excluding carboxylic acids is 1. The van der Waals surface area contributed by atoms with E-state index < -0.39 is 0 Å². The number of hydrogen-bond donors (Lipinski definition) is 2. The van der Waals surface area contributed by atoms with Crippen LogP contribution in [0.5, 0.6) is 0 Å². The van der Waals surface area contributed by atoms with E-state index >= 15 is 0 Å². The molecule has 1 atom stereocenters. The van der Waals surface area contributed by atoms with Crippen molar-refractivity contribution in [2.45, 2.75) is 32.7 Å². The van der Waals surface area contributed by atoms with Crippen molar-refractivity contribution in [3.63, 3.8) is 0 Å². The Balaban J connectivity index is 2.67. The third-order valence-corrected chi connectivity index (χ3v) is 2.26. The molecule has 82 valence electrons. The summed E-state index contributed by atoms with van der Waals surface area (Å²) in [5.41, 5.74) is 7.90. The maximum absolute atomic E-state index is 10.8. The van der Waals surface area contributed by atoms with Crippen molar-refractivity contribution in [3.05, 3.63) is 29.8 Å². The minimum Gasteiger partial charge on any atom is -0.326 e. The molecule has 0 spiro atoms. The second kappa shape index (κ2) is 5.51. The normalized spacial score (nSPS) is 12.2. The Bertz CT molecular complexity index is 319. The van der Waals surface area contributed by atoms with Crippen molar-refractivity contribution in [1.82, 2.24) is 0 Å². The summed E-state index contributed by atoms with van der Waals surface area (Å²) in [5, 5.41) is 2.72. The topological polar surface area (TPSA) is 55.1 Å². The second-order valence-electron chi connectivity index (χ2n) is 3.70. The molecule has 0 heterocycles. The van der Waals surface area contributed by atoms with Gasteiger partial charge in [0, 0.05) is 18.7 Å². The molecule has 0 bridgehead atoms. The van der Waals surface area contributed by atoms with Crippen molar-refractivity contribution in [3.8, 4) is 0 Å². The van der Waals surface area contributed by atoms with Gasteiger partial charge >= 0.3 is 0 Å². The van der Waals surface area contributed by atoms with E-state index in [1.54, 1.807) is 0 Å². The lowest BCUT2D eigenvalue weighted by molar-refractivity contribution is -0.114. The van der Waals surface area contributed by atoms with E-state index in [9.17, 15) is 4.79 Å². The van der Waals surface area contributed by atoms with Crippen LogP contribution >= 0.6 is 0 Å². The van der Waals surface area contributed by atoms with Crippen LogP contribution in [0.15, 0.2) is 24.3 Å². The highest BCUT2D eigenvalue weighted by Gasteiger charge is 2.04. The highest BCUT2D eigenvalue weighted by molar-refractivity contribution is 5.88. The Morgan fingerprint density at radius 3 is 2.47 bits per heavy atom. The van der Waals surface area contributed by atoms with Gasteiger partial charge in [0.05, 0.1) is 0 Å². The first kappa shape index (κ1) is 11.7. The molecule has 0 saturated carbocycles. The summed E-state index contributed by atoms with van der Waals surface area (Å²) in [6.45, 7) is 3.61. The van der Waals surface area contributed by atoms with Crippen LogP contribution in [-0.4, -0.2) is 5.91 Å². The fraction of sp³-hybridized carbons (Fsp3) is 0.417. The average molecular weight is 206 g/mol. The van der Waals surface area contributed by atoms with Gasteiger partial charge in [0.2, 0.25) is 5.91 Å². The molecule has 0 aliphatic carbocycles. The molecule has 3 N–H and O–H groups in total. The maximum atomic E-state index is 10.8. The molecule has 15 heavy (non-hydrogen) atoms. The molecule has 1 amide bonds. The third kappa shape index (κ3) is 3.72. The van der Waals surface area contributed by atoms with Crippen LogP contribution in [0.4, 0.5) is 5.69 Å². The van der Waals surface area contributed by atoms with Crippen LogP contribution in [0.25, 0.3) is 0 Å². The molecule has 1 aromatic rings. The van der Waals surface area contributed by atoms with Gasteiger partial charge in [0.1, 0.15) is 0 Å². The summed E-state index contributed by atoms with van der Waals surface area (Å²) in [6.07, 6.45) is 2.06. The number of benzene rings is 1. The summed E-state index contributed by atoms with van der Waals surface area (Å²) >= 11 is 0. The van der Waals surface area contributed by atoms with Gasteiger partial charge in [-0.05, 0) is 24.1 Å². The Hall–Kier alpha value is -1.35. The van der Waals surface area contributed by atoms with Gasteiger partial charge in [-0.1, -0.05) is 25.5 Å². The lowest BCUT2D eigenvalue weighted by Gasteiger charge is -2.11. The number of rotatable bonds is 4. The molecule has 3 heteroatoms. The van der Waals surface area contributed by atoms with Crippen LogP contribution in [0.2, 0.25) is 0 Å². The Morgan fingerprint density at radius 2 is 2.00 bits per heavy atom. The number of amides is 1. The standard InChI is InChI=1S/C12H18N2O/c1-3-4-12(13)10-5-7-11(8-6-10)14-9(2)15/h5-8,12H,3-4,13H2,1-2H3,(H,14,15)/t12-/m1/s1. The zero-order valence-corrected chi connectivity index (χ0v) is 9.29. The highest BCUT2D eigenvalue weighted by Crippen LogP contribution is 2.18. The average Bonchev–Trinajstić information content (AvgIpc) is 2.18. The third-order valence-electron chi connectivity index (χ3n) is 2.26. The lowest BCUT2D eigenvalue weighted by Crippen LogP contribution is -2.10. The summed E-state index contributed by atoms with van der Waals surface area (Å²) in [6, 6.07) is 7.79. The fourth-order valence-electron chi connectivity index (χ4n) is 1.49. The number of carbonyl (C=O) groups is 1. The van der Waals surface area contributed by atoms with Crippen molar-refractivity contribution in [2.75, 3.05) is 5.32 Å². The molecule has 0 aromatic heterocycles. The first-order valence-corrected chi connectivity index (χ1v) is 5.26. The second-order valence-corrected chi connectivity index (χ2v) is 3.70. The molecule has 1 rings (SSSR count). The van der Waals surface area contributed by atoms with E-state index in [0.717, 1.165) is 24.1 Å². The van der Waals surface area contributed by atoms with Crippen LogP contribution in [0, 0.1) is 0 Å². The molecular weight excluding hydrogens is 188 g/mol. The Labute approximate surface area is 90.7 Å². The van der Waals surface area contributed by atoms with Gasteiger partial charge in [-0.2, -0.15) is 0 Å². The van der Waals surface area contributed by atoms with E-state index in [1.807, 2.05) is 24.3 Å². The van der Waals surface area contributed by atoms with E-state index in [2.05, 4.69) is 12.2 Å². The SMILES string of the molecule is CCC[C@@H](N)c1ccc(NC(C)=O)cc1. The van der Waals surface area contributed by atoms with E-state index in [4.69, 9.17) is 5.73 Å². The molecule has 0 aliphatic heterocycles. The maximum Gasteiger partial charge on any atom is 0.221 e. The fourth-order valence-corrected chi connectivity index (χ4v) is 1.49. The van der Waals surface area contributed by atoms with Gasteiger partial charge < -0.3 is 11.1 Å². The van der Waals surface area contributed by atoms with Crippen molar-refractivity contribution in [2.24, 2.45) is 5.73 Å². The first-order valence-electron chi connectivity index (χ1n) is 5.26. The number of nitrogens with one attached hydrogen (secondary N) is 1. The molecule has 0 saturated heterocycles. The molecule has 0 unspecified atom stereocenters. The van der Waals surface area contributed by atoms with Crippen LogP contribution in [0.1, 0.15) is 38.3 Å². The van der Waals surface area contributed by atoms with Gasteiger partial charge in [-0.25, -0.2) is 0 Å². The Morgan fingerprint density at radius 1 is 1.40 bits per heavy atom. The quantitative estimate of drug-likeness (QED) is 0.795. The van der Waals surface area contributed by atoms with Gasteiger partial charge in [-0.15, -0.1) is 0 Å². The zero-order chi connectivity index (χ0) is 11.3. The summed E-state index contributed by atoms with van der Waals surface area (Å²) < 4.78 is 0. The highest BCUT2D eigenvalue weighted by atomic mass is 16.1. The van der Waals surface area contributed by atoms with Gasteiger partial charge in [-0.3, -0.25) is 4.79 Å². The smallest absolute Gasteiger partial charge is 0.221 e. The van der Waals surface area contributed by atoms with Crippen LogP contribution in [0.3, 0.4) is 0 Å². The predicted octanol–water partition coefficient (Wildman–Crippen LogP) is 2.44. The molecule has 0 radical (unpaired) electrons. The molecule has 0 fully saturated rings. The summed E-state index contributed by atoms with van der Waals surface area (Å²) in [5.74, 6) is -0.0550.